The van der Waals surface area contributed by atoms with Crippen LogP contribution in [-0.2, 0) is 4.79 Å². The number of hydrogen-bond acceptors (Lipinski definition) is 4. The smallest absolute Gasteiger partial charge is 0.230 e. The Morgan fingerprint density at radius 3 is 2.96 bits per heavy atom. The zero-order chi connectivity index (χ0) is 16.8. The second-order valence-electron chi connectivity index (χ2n) is 6.09. The lowest BCUT2D eigenvalue weighted by Crippen LogP contribution is -2.26. The Hall–Kier alpha value is -1.88. The first-order chi connectivity index (χ1) is 11.7. The van der Waals surface area contributed by atoms with E-state index in [1.54, 1.807) is 0 Å². The number of allylic oxidation sites excluding steroid dienone is 1. The van der Waals surface area contributed by atoms with Crippen molar-refractivity contribution in [1.82, 2.24) is 15.3 Å². The van der Waals surface area contributed by atoms with Crippen LogP contribution in [0.5, 0.6) is 0 Å². The number of aryl methyl sites for hydroxylation is 1. The fourth-order valence-corrected chi connectivity index (χ4v) is 3.84. The molecule has 0 fully saturated rings. The lowest BCUT2D eigenvalue weighted by Gasteiger charge is -2.13. The maximum Gasteiger partial charge on any atom is 0.230 e. The van der Waals surface area contributed by atoms with E-state index >= 15 is 0 Å². The Morgan fingerprint density at radius 1 is 1.25 bits per heavy atom. The normalized spacial score (nSPS) is 14.5. The molecule has 2 aromatic rings. The van der Waals surface area contributed by atoms with Gasteiger partial charge in [0.05, 0.1) is 11.3 Å². The summed E-state index contributed by atoms with van der Waals surface area (Å²) in [6.45, 7) is 2.61. The molecular formula is C19H23N3OS. The lowest BCUT2D eigenvalue weighted by atomic mass is 9.97. The van der Waals surface area contributed by atoms with Gasteiger partial charge in [-0.3, -0.25) is 4.79 Å². The summed E-state index contributed by atoms with van der Waals surface area (Å²) in [6, 6.07) is 7.93. The minimum atomic E-state index is 0.0664. The molecule has 1 N–H and O–H groups in total. The fraction of sp³-hybridized carbons (Fsp3) is 0.421. The van der Waals surface area contributed by atoms with Gasteiger partial charge in [0.15, 0.2) is 0 Å². The fourth-order valence-electron chi connectivity index (χ4n) is 2.95. The number of benzene rings is 1. The topological polar surface area (TPSA) is 54.9 Å². The molecule has 1 aromatic heterocycles. The van der Waals surface area contributed by atoms with Crippen LogP contribution in [0.2, 0.25) is 0 Å². The average molecular weight is 341 g/mol. The van der Waals surface area contributed by atoms with Crippen LogP contribution in [-0.4, -0.2) is 28.2 Å². The van der Waals surface area contributed by atoms with E-state index in [4.69, 9.17) is 0 Å². The highest BCUT2D eigenvalue weighted by Crippen LogP contribution is 2.25. The van der Waals surface area contributed by atoms with E-state index in [9.17, 15) is 4.79 Å². The molecule has 1 amide bonds. The Bertz CT molecular complexity index is 757. The Balaban J connectivity index is 1.52. The Labute approximate surface area is 147 Å². The molecule has 0 unspecified atom stereocenters. The van der Waals surface area contributed by atoms with E-state index in [2.05, 4.69) is 21.4 Å². The molecule has 1 aliphatic rings. The summed E-state index contributed by atoms with van der Waals surface area (Å²) in [5, 5.41) is 4.90. The van der Waals surface area contributed by atoms with Gasteiger partial charge < -0.3 is 5.32 Å². The number of carbonyl (C=O) groups excluding carboxylic acids is 1. The molecule has 0 radical (unpaired) electrons. The third kappa shape index (κ3) is 4.57. The van der Waals surface area contributed by atoms with Crippen LogP contribution in [0.15, 0.2) is 40.9 Å². The summed E-state index contributed by atoms with van der Waals surface area (Å²) >= 11 is 1.48. The van der Waals surface area contributed by atoms with Crippen molar-refractivity contribution in [3.8, 4) is 0 Å². The van der Waals surface area contributed by atoms with E-state index in [1.807, 2.05) is 31.2 Å². The molecule has 1 heterocycles. The summed E-state index contributed by atoms with van der Waals surface area (Å²) in [5.74, 6) is 1.19. The monoisotopic (exact) mass is 341 g/mol. The number of thioether (sulfide) groups is 1. The van der Waals surface area contributed by atoms with Gasteiger partial charge in [-0.25, -0.2) is 9.97 Å². The van der Waals surface area contributed by atoms with Crippen molar-refractivity contribution in [2.24, 2.45) is 0 Å². The van der Waals surface area contributed by atoms with Crippen molar-refractivity contribution < 1.29 is 4.79 Å². The van der Waals surface area contributed by atoms with Gasteiger partial charge in [0, 0.05) is 11.9 Å². The molecule has 0 saturated carbocycles. The Kier molecular flexibility index (Phi) is 5.86. The van der Waals surface area contributed by atoms with E-state index in [1.165, 1.54) is 43.0 Å². The minimum absolute atomic E-state index is 0.0664. The van der Waals surface area contributed by atoms with Crippen molar-refractivity contribution in [2.45, 2.75) is 44.1 Å². The third-order valence-electron chi connectivity index (χ3n) is 4.17. The quantitative estimate of drug-likeness (QED) is 0.489. The van der Waals surface area contributed by atoms with Crippen LogP contribution in [0.1, 0.15) is 37.9 Å². The second-order valence-corrected chi connectivity index (χ2v) is 7.05. The first kappa shape index (κ1) is 17.0. The molecule has 24 heavy (non-hydrogen) atoms. The van der Waals surface area contributed by atoms with Gasteiger partial charge in [-0.2, -0.15) is 0 Å². The van der Waals surface area contributed by atoms with Crippen LogP contribution >= 0.6 is 11.8 Å². The van der Waals surface area contributed by atoms with Crippen LogP contribution in [0.3, 0.4) is 0 Å². The largest absolute Gasteiger partial charge is 0.355 e. The highest BCUT2D eigenvalue weighted by Gasteiger charge is 2.09. The number of para-hydroxylation sites is 1. The van der Waals surface area contributed by atoms with Gasteiger partial charge in [-0.15, -0.1) is 0 Å². The van der Waals surface area contributed by atoms with Gasteiger partial charge >= 0.3 is 0 Å². The maximum atomic E-state index is 12.1. The van der Waals surface area contributed by atoms with Crippen LogP contribution in [0.25, 0.3) is 10.9 Å². The van der Waals surface area contributed by atoms with E-state index in [0.717, 1.165) is 34.7 Å². The average Bonchev–Trinajstić information content (AvgIpc) is 2.60. The van der Waals surface area contributed by atoms with Crippen molar-refractivity contribution in [2.75, 3.05) is 12.3 Å². The first-order valence-electron chi connectivity index (χ1n) is 8.53. The van der Waals surface area contributed by atoms with Gasteiger partial charge in [-0.05, 0) is 45.1 Å². The Morgan fingerprint density at radius 2 is 2.12 bits per heavy atom. The standard InChI is InChI=1S/C19H23N3OS/c1-14-21-17-10-6-5-9-16(17)19(22-14)24-13-18(23)20-12-11-15-7-3-2-4-8-15/h5-7,9-10H,2-4,8,11-13H2,1H3,(H,20,23). The zero-order valence-electron chi connectivity index (χ0n) is 14.0. The number of amides is 1. The number of hydrogen-bond donors (Lipinski definition) is 1. The summed E-state index contributed by atoms with van der Waals surface area (Å²) in [7, 11) is 0. The van der Waals surface area contributed by atoms with Crippen molar-refractivity contribution in [3.05, 3.63) is 41.7 Å². The van der Waals surface area contributed by atoms with E-state index in [-0.39, 0.29) is 5.91 Å². The molecule has 0 saturated heterocycles. The molecule has 0 aliphatic heterocycles. The molecule has 1 aliphatic carbocycles. The molecule has 5 heteroatoms. The number of nitrogens with zero attached hydrogens (tertiary/aromatic N) is 2. The minimum Gasteiger partial charge on any atom is -0.355 e. The van der Waals surface area contributed by atoms with E-state index in [0.29, 0.717) is 5.75 Å². The molecular weight excluding hydrogens is 318 g/mol. The van der Waals surface area contributed by atoms with Crippen LogP contribution < -0.4 is 5.32 Å². The van der Waals surface area contributed by atoms with Gasteiger partial charge in [0.2, 0.25) is 5.91 Å². The van der Waals surface area contributed by atoms with Crippen molar-refractivity contribution >= 4 is 28.6 Å². The molecule has 1 aromatic carbocycles. The third-order valence-corrected chi connectivity index (χ3v) is 5.16. The van der Waals surface area contributed by atoms with Gasteiger partial charge in [-0.1, -0.05) is 41.6 Å². The molecule has 0 atom stereocenters. The van der Waals surface area contributed by atoms with Crippen LogP contribution in [0.4, 0.5) is 0 Å². The zero-order valence-corrected chi connectivity index (χ0v) is 14.9. The lowest BCUT2D eigenvalue weighted by molar-refractivity contribution is -0.118. The van der Waals surface area contributed by atoms with Crippen molar-refractivity contribution in [1.29, 1.82) is 0 Å². The number of fused-ring (bicyclic) bond motifs is 1. The highest BCUT2D eigenvalue weighted by atomic mass is 32.2. The van der Waals surface area contributed by atoms with Gasteiger partial charge in [0.25, 0.3) is 0 Å². The molecule has 126 valence electrons. The molecule has 0 bridgehead atoms. The molecule has 3 rings (SSSR count). The highest BCUT2D eigenvalue weighted by molar-refractivity contribution is 8.00. The summed E-state index contributed by atoms with van der Waals surface area (Å²) in [5.41, 5.74) is 2.42. The number of carbonyl (C=O) groups is 1. The van der Waals surface area contributed by atoms with Crippen LogP contribution in [0, 0.1) is 6.92 Å². The number of rotatable bonds is 6. The second kappa shape index (κ2) is 8.29. The predicted molar refractivity (Wildman–Crippen MR) is 99.2 cm³/mol. The summed E-state index contributed by atoms with van der Waals surface area (Å²) in [4.78, 5) is 21.0. The summed E-state index contributed by atoms with van der Waals surface area (Å²) < 4.78 is 0. The maximum absolute atomic E-state index is 12.1. The molecule has 4 nitrogen and oxygen atoms in total. The predicted octanol–water partition coefficient (Wildman–Crippen LogP) is 4.04. The number of aromatic nitrogens is 2. The SMILES string of the molecule is Cc1nc(SCC(=O)NCCC2=CCCCC2)c2ccccc2n1. The summed E-state index contributed by atoms with van der Waals surface area (Å²) in [6.07, 6.45) is 8.29. The van der Waals surface area contributed by atoms with Crippen molar-refractivity contribution in [3.63, 3.8) is 0 Å². The van der Waals surface area contributed by atoms with E-state index < -0.39 is 0 Å². The first-order valence-corrected chi connectivity index (χ1v) is 9.52. The molecule has 0 spiro atoms. The number of nitrogens with one attached hydrogen (secondary N) is 1. The van der Waals surface area contributed by atoms with Gasteiger partial charge in [0.1, 0.15) is 10.9 Å².